The average molecular weight is 255 g/mol. The Balaban J connectivity index is 3.02. The third-order valence-electron chi connectivity index (χ3n) is 2.50. The maximum Gasteiger partial charge on any atom is 0.328 e. The number of benzene rings is 1. The highest BCUT2D eigenvalue weighted by Crippen LogP contribution is 2.21. The molecule has 0 aliphatic rings. The number of anilines is 1. The first-order valence-corrected chi connectivity index (χ1v) is 5.59. The minimum Gasteiger partial charge on any atom is -0.478 e. The topological polar surface area (TPSA) is 88.1 Å². The van der Waals surface area contributed by atoms with Gasteiger partial charge < -0.3 is 10.0 Å². The summed E-state index contributed by atoms with van der Waals surface area (Å²) in [4.78, 5) is 12.1. The molecule has 0 unspecified atom stereocenters. The van der Waals surface area contributed by atoms with Crippen LogP contribution in [0.1, 0.15) is 11.1 Å². The highest BCUT2D eigenvalue weighted by molar-refractivity contribution is 5.85. The second-order valence-corrected chi connectivity index (χ2v) is 3.89. The number of hydrogen-bond donors (Lipinski definition) is 1. The van der Waals surface area contributed by atoms with Crippen molar-refractivity contribution in [1.82, 2.24) is 0 Å². The smallest absolute Gasteiger partial charge is 0.328 e. The van der Waals surface area contributed by atoms with Crippen molar-refractivity contribution in [2.75, 3.05) is 18.0 Å². The maximum atomic E-state index is 10.4. The van der Waals surface area contributed by atoms with Crippen molar-refractivity contribution in [2.45, 2.75) is 6.92 Å². The Labute approximate surface area is 111 Å². The van der Waals surface area contributed by atoms with Crippen molar-refractivity contribution in [2.24, 2.45) is 0 Å². The van der Waals surface area contributed by atoms with Gasteiger partial charge in [-0.3, -0.25) is 0 Å². The molecule has 96 valence electrons. The number of aryl methyl sites for hydroxylation is 1. The summed E-state index contributed by atoms with van der Waals surface area (Å²) in [5.41, 5.74) is 2.45. The molecule has 0 bridgehead atoms. The van der Waals surface area contributed by atoms with E-state index in [4.69, 9.17) is 15.6 Å². The Hall–Kier alpha value is -2.79. The fourth-order valence-corrected chi connectivity index (χ4v) is 1.70. The van der Waals surface area contributed by atoms with E-state index in [0.29, 0.717) is 0 Å². The minimum atomic E-state index is -1.00. The molecule has 0 aromatic heterocycles. The van der Waals surface area contributed by atoms with Gasteiger partial charge in [0, 0.05) is 11.8 Å². The van der Waals surface area contributed by atoms with Crippen molar-refractivity contribution in [3.63, 3.8) is 0 Å². The number of hydrogen-bond acceptors (Lipinski definition) is 4. The summed E-state index contributed by atoms with van der Waals surface area (Å²) >= 11 is 0. The van der Waals surface area contributed by atoms with Gasteiger partial charge in [-0.1, -0.05) is 6.07 Å². The Kier molecular flexibility index (Phi) is 5.13. The zero-order chi connectivity index (χ0) is 14.3. The molecule has 0 amide bonds. The minimum absolute atomic E-state index is 0.138. The van der Waals surface area contributed by atoms with Crippen molar-refractivity contribution in [1.29, 1.82) is 10.5 Å². The van der Waals surface area contributed by atoms with Crippen LogP contribution in [0.2, 0.25) is 0 Å². The van der Waals surface area contributed by atoms with E-state index in [9.17, 15) is 4.79 Å². The van der Waals surface area contributed by atoms with Gasteiger partial charge >= 0.3 is 5.97 Å². The van der Waals surface area contributed by atoms with Crippen molar-refractivity contribution in [3.8, 4) is 12.1 Å². The van der Waals surface area contributed by atoms with Gasteiger partial charge in [-0.15, -0.1) is 0 Å². The molecule has 0 heterocycles. The summed E-state index contributed by atoms with van der Waals surface area (Å²) in [6, 6.07) is 9.39. The van der Waals surface area contributed by atoms with Crippen LogP contribution in [0.3, 0.4) is 0 Å². The number of nitrogens with zero attached hydrogens (tertiary/aromatic N) is 3. The van der Waals surface area contributed by atoms with Crippen molar-refractivity contribution >= 4 is 17.7 Å². The molecule has 0 fully saturated rings. The van der Waals surface area contributed by atoms with Crippen LogP contribution in [-0.4, -0.2) is 24.2 Å². The van der Waals surface area contributed by atoms with Gasteiger partial charge in [0.25, 0.3) is 0 Å². The van der Waals surface area contributed by atoms with Crippen molar-refractivity contribution in [3.05, 3.63) is 35.4 Å². The van der Waals surface area contributed by atoms with Crippen LogP contribution in [0.25, 0.3) is 6.08 Å². The fourth-order valence-electron chi connectivity index (χ4n) is 1.70. The van der Waals surface area contributed by atoms with Crippen LogP contribution < -0.4 is 4.90 Å². The van der Waals surface area contributed by atoms with E-state index in [0.717, 1.165) is 22.9 Å². The van der Waals surface area contributed by atoms with Gasteiger partial charge in [-0.05, 0) is 36.3 Å². The first-order chi connectivity index (χ1) is 9.08. The monoisotopic (exact) mass is 255 g/mol. The summed E-state index contributed by atoms with van der Waals surface area (Å²) in [6.45, 7) is 2.13. The third kappa shape index (κ3) is 4.18. The number of carbonyl (C=O) groups is 1. The van der Waals surface area contributed by atoms with E-state index in [1.54, 1.807) is 17.0 Å². The summed E-state index contributed by atoms with van der Waals surface area (Å²) in [7, 11) is 0. The Morgan fingerprint density at radius 1 is 1.37 bits per heavy atom. The predicted molar refractivity (Wildman–Crippen MR) is 71.3 cm³/mol. The first kappa shape index (κ1) is 14.3. The van der Waals surface area contributed by atoms with Crippen LogP contribution >= 0.6 is 0 Å². The van der Waals surface area contributed by atoms with E-state index >= 15 is 0 Å². The molecule has 5 heteroatoms. The lowest BCUT2D eigenvalue weighted by molar-refractivity contribution is -0.131. The second-order valence-electron chi connectivity index (χ2n) is 3.89. The van der Waals surface area contributed by atoms with E-state index in [2.05, 4.69) is 0 Å². The molecule has 1 N–H and O–H groups in total. The highest BCUT2D eigenvalue weighted by Gasteiger charge is 2.08. The first-order valence-electron chi connectivity index (χ1n) is 5.59. The molecule has 0 aliphatic heterocycles. The largest absolute Gasteiger partial charge is 0.478 e. The molecule has 0 atom stereocenters. The number of aliphatic carboxylic acids is 1. The Morgan fingerprint density at radius 3 is 2.47 bits per heavy atom. The van der Waals surface area contributed by atoms with Crippen LogP contribution in [0.4, 0.5) is 5.69 Å². The lowest BCUT2D eigenvalue weighted by Gasteiger charge is -2.20. The fraction of sp³-hybridized carbons (Fsp3) is 0.214. The average Bonchev–Trinajstić information content (AvgIpc) is 2.36. The van der Waals surface area contributed by atoms with Crippen LogP contribution in [0, 0.1) is 29.6 Å². The molecule has 0 aliphatic carbocycles. The van der Waals surface area contributed by atoms with Gasteiger partial charge in [0.05, 0.1) is 12.1 Å². The molecular weight excluding hydrogens is 242 g/mol. The number of carboxylic acids is 1. The molecule has 19 heavy (non-hydrogen) atoms. The quantitative estimate of drug-likeness (QED) is 0.641. The molecule has 1 aromatic rings. The summed E-state index contributed by atoms with van der Waals surface area (Å²) in [5, 5.41) is 26.0. The van der Waals surface area contributed by atoms with Gasteiger partial charge in [-0.2, -0.15) is 10.5 Å². The van der Waals surface area contributed by atoms with E-state index in [-0.39, 0.29) is 13.1 Å². The van der Waals surface area contributed by atoms with Gasteiger partial charge in [0.2, 0.25) is 0 Å². The predicted octanol–water partition coefficient (Wildman–Crippen LogP) is 1.95. The van der Waals surface area contributed by atoms with Gasteiger partial charge in [0.1, 0.15) is 13.1 Å². The number of rotatable bonds is 5. The summed E-state index contributed by atoms with van der Waals surface area (Å²) in [5.74, 6) is -1.00. The molecule has 1 aromatic carbocycles. The number of carboxylic acid groups (broad SMARTS) is 1. The van der Waals surface area contributed by atoms with Gasteiger partial charge in [0.15, 0.2) is 0 Å². The molecular formula is C14H13N3O2. The summed E-state index contributed by atoms with van der Waals surface area (Å²) < 4.78 is 0. The summed E-state index contributed by atoms with van der Waals surface area (Å²) in [6.07, 6.45) is 2.56. The van der Waals surface area contributed by atoms with E-state index < -0.39 is 5.97 Å². The maximum absolute atomic E-state index is 10.4. The van der Waals surface area contributed by atoms with Crippen LogP contribution in [0.5, 0.6) is 0 Å². The van der Waals surface area contributed by atoms with Gasteiger partial charge in [-0.25, -0.2) is 4.79 Å². The van der Waals surface area contributed by atoms with Crippen LogP contribution in [-0.2, 0) is 4.79 Å². The van der Waals surface area contributed by atoms with Crippen molar-refractivity contribution < 1.29 is 9.90 Å². The normalized spacial score (nSPS) is 9.84. The Morgan fingerprint density at radius 2 is 2.00 bits per heavy atom. The highest BCUT2D eigenvalue weighted by atomic mass is 16.4. The SMILES string of the molecule is Cc1cc(C=CC(=O)O)ccc1N(CC#N)CC#N. The standard InChI is InChI=1S/C14H13N3O2/c1-11-10-12(3-5-14(18)19)2-4-13(11)17(8-6-15)9-7-16/h2-5,10H,8-9H2,1H3,(H,18,19). The molecule has 0 spiro atoms. The lowest BCUT2D eigenvalue weighted by Crippen LogP contribution is -2.24. The zero-order valence-electron chi connectivity index (χ0n) is 10.5. The Bertz CT molecular complexity index is 563. The molecule has 5 nitrogen and oxygen atoms in total. The van der Waals surface area contributed by atoms with Crippen LogP contribution in [0.15, 0.2) is 24.3 Å². The molecule has 0 saturated carbocycles. The second kappa shape index (κ2) is 6.83. The molecule has 1 rings (SSSR count). The lowest BCUT2D eigenvalue weighted by atomic mass is 10.1. The zero-order valence-corrected chi connectivity index (χ0v) is 10.5. The number of nitriles is 2. The third-order valence-corrected chi connectivity index (χ3v) is 2.50. The molecule has 0 radical (unpaired) electrons. The molecule has 0 saturated heterocycles. The van der Waals surface area contributed by atoms with E-state index in [1.165, 1.54) is 6.08 Å². The van der Waals surface area contributed by atoms with E-state index in [1.807, 2.05) is 25.1 Å².